The van der Waals surface area contributed by atoms with Crippen molar-refractivity contribution < 1.29 is 9.53 Å². The van der Waals surface area contributed by atoms with Crippen LogP contribution >= 0.6 is 34.2 Å². The second-order valence-corrected chi connectivity index (χ2v) is 4.17. The lowest BCUT2D eigenvalue weighted by Gasteiger charge is -2.04. The molecule has 0 amide bonds. The van der Waals surface area contributed by atoms with Crippen LogP contribution in [-0.4, -0.2) is 12.6 Å². The summed E-state index contributed by atoms with van der Waals surface area (Å²) in [5, 5.41) is 0.426. The predicted molar refractivity (Wildman–Crippen MR) is 69.9 cm³/mol. The quantitative estimate of drug-likeness (QED) is 0.479. The molecule has 0 heterocycles. The van der Waals surface area contributed by atoms with Crippen LogP contribution in [0.4, 0.5) is 0 Å². The van der Waals surface area contributed by atoms with Gasteiger partial charge in [-0.2, -0.15) is 0 Å². The molecule has 0 aliphatic heterocycles. The Kier molecular flexibility index (Phi) is 5.11. The minimum Gasteiger partial charge on any atom is -0.462 e. The first kappa shape index (κ1) is 12.5. The van der Waals surface area contributed by atoms with Gasteiger partial charge in [-0.25, -0.2) is 4.79 Å². The molecular weight excluding hydrogens is 326 g/mol. The highest BCUT2D eigenvalue weighted by molar-refractivity contribution is 14.1. The summed E-state index contributed by atoms with van der Waals surface area (Å²) < 4.78 is 5.26. The first-order chi connectivity index (χ1) is 7.16. The Morgan fingerprint density at radius 3 is 2.53 bits per heavy atom. The number of hydrogen-bond donors (Lipinski definition) is 0. The van der Waals surface area contributed by atoms with E-state index in [-0.39, 0.29) is 5.97 Å². The minimum atomic E-state index is -0.382. The van der Waals surface area contributed by atoms with E-state index in [2.05, 4.69) is 0 Å². The summed E-state index contributed by atoms with van der Waals surface area (Å²) in [5.41, 5.74) is 0.816. The third-order valence-electron chi connectivity index (χ3n) is 1.67. The molecule has 2 nitrogen and oxygen atoms in total. The van der Waals surface area contributed by atoms with Gasteiger partial charge in [0.1, 0.15) is 3.58 Å². The summed E-state index contributed by atoms with van der Waals surface area (Å²) in [6.07, 6.45) is 0. The number of carbonyl (C=O) groups excluding carboxylic acids is 1. The van der Waals surface area contributed by atoms with Crippen molar-refractivity contribution in [2.45, 2.75) is 6.92 Å². The van der Waals surface area contributed by atoms with Crippen molar-refractivity contribution in [3.05, 3.63) is 39.5 Å². The normalized spacial score (nSPS) is 11.9. The van der Waals surface area contributed by atoms with Crippen molar-refractivity contribution in [3.8, 4) is 0 Å². The number of halogens is 2. The number of esters is 1. The van der Waals surface area contributed by atoms with Crippen LogP contribution < -0.4 is 0 Å². The maximum atomic E-state index is 11.4. The predicted octanol–water partition coefficient (Wildman–Crippen LogP) is 3.59. The van der Waals surface area contributed by atoms with Gasteiger partial charge in [-0.15, -0.1) is 0 Å². The number of hydrogen-bond acceptors (Lipinski definition) is 2. The molecule has 4 heteroatoms. The van der Waals surface area contributed by atoms with E-state index in [0.717, 1.165) is 5.56 Å². The molecular formula is C11H10ClIO2. The van der Waals surface area contributed by atoms with E-state index in [1.165, 1.54) is 0 Å². The zero-order chi connectivity index (χ0) is 11.3. The summed E-state index contributed by atoms with van der Waals surface area (Å²) in [4.78, 5) is 11.4. The molecule has 0 aliphatic carbocycles. The first-order valence-corrected chi connectivity index (χ1v) is 5.90. The van der Waals surface area contributed by atoms with Gasteiger partial charge in [0.15, 0.2) is 0 Å². The van der Waals surface area contributed by atoms with Crippen LogP contribution in [0.1, 0.15) is 12.5 Å². The van der Waals surface area contributed by atoms with E-state index in [1.54, 1.807) is 6.92 Å². The zero-order valence-corrected chi connectivity index (χ0v) is 11.1. The van der Waals surface area contributed by atoms with Gasteiger partial charge >= 0.3 is 5.97 Å². The molecule has 0 atom stereocenters. The molecule has 0 saturated heterocycles. The lowest BCUT2D eigenvalue weighted by molar-refractivity contribution is -0.137. The van der Waals surface area contributed by atoms with Crippen molar-refractivity contribution in [3.63, 3.8) is 0 Å². The van der Waals surface area contributed by atoms with Gasteiger partial charge in [0.2, 0.25) is 0 Å². The van der Waals surface area contributed by atoms with E-state index in [9.17, 15) is 4.79 Å². The van der Waals surface area contributed by atoms with E-state index >= 15 is 0 Å². The highest BCUT2D eigenvalue weighted by atomic mass is 127. The average Bonchev–Trinajstić information content (AvgIpc) is 2.28. The van der Waals surface area contributed by atoms with Gasteiger partial charge in [-0.1, -0.05) is 41.9 Å². The summed E-state index contributed by atoms with van der Waals surface area (Å²) in [7, 11) is 0. The van der Waals surface area contributed by atoms with Crippen LogP contribution in [0.5, 0.6) is 0 Å². The van der Waals surface area contributed by atoms with Gasteiger partial charge in [0.25, 0.3) is 0 Å². The molecule has 0 fully saturated rings. The average molecular weight is 337 g/mol. The Hall–Kier alpha value is -0.550. The van der Waals surface area contributed by atoms with E-state index in [0.29, 0.717) is 15.2 Å². The Bertz CT molecular complexity index is 373. The Labute approximate surface area is 107 Å². The molecule has 80 valence electrons. The van der Waals surface area contributed by atoms with Crippen LogP contribution in [0.25, 0.3) is 5.03 Å². The monoisotopic (exact) mass is 336 g/mol. The fourth-order valence-corrected chi connectivity index (χ4v) is 1.67. The zero-order valence-electron chi connectivity index (χ0n) is 8.17. The first-order valence-electron chi connectivity index (χ1n) is 4.44. The number of rotatable bonds is 3. The molecule has 1 aromatic carbocycles. The van der Waals surface area contributed by atoms with E-state index in [1.807, 2.05) is 52.9 Å². The maximum absolute atomic E-state index is 11.4. The van der Waals surface area contributed by atoms with Gasteiger partial charge < -0.3 is 4.74 Å². The standard InChI is InChI=1S/C11H10ClIO2/c1-2-15-11(14)10(13)9(12)8-6-4-3-5-7-8/h3-7H,2H2,1H3/b10-9-. The molecule has 1 rings (SSSR count). The SMILES string of the molecule is CCOC(=O)/C(I)=C(/Cl)c1ccccc1. The van der Waals surface area contributed by atoms with Gasteiger partial charge in [0, 0.05) is 0 Å². The molecule has 1 aromatic rings. The number of benzene rings is 1. The molecule has 0 aliphatic rings. The molecule has 0 unspecified atom stereocenters. The summed E-state index contributed by atoms with van der Waals surface area (Å²) >= 11 is 7.95. The fourth-order valence-electron chi connectivity index (χ4n) is 0.995. The summed E-state index contributed by atoms with van der Waals surface area (Å²) in [5.74, 6) is -0.382. The minimum absolute atomic E-state index is 0.351. The van der Waals surface area contributed by atoms with Crippen molar-refractivity contribution in [2.75, 3.05) is 6.61 Å². The molecule has 0 N–H and O–H groups in total. The second-order valence-electron chi connectivity index (χ2n) is 2.71. The van der Waals surface area contributed by atoms with Crippen LogP contribution in [-0.2, 0) is 9.53 Å². The van der Waals surface area contributed by atoms with Crippen molar-refractivity contribution in [2.24, 2.45) is 0 Å². The third-order valence-corrected chi connectivity index (χ3v) is 3.38. The van der Waals surface area contributed by atoms with Crippen LogP contribution in [0.15, 0.2) is 33.9 Å². The molecule has 0 spiro atoms. The summed E-state index contributed by atoms with van der Waals surface area (Å²) in [6, 6.07) is 9.32. The Morgan fingerprint density at radius 1 is 1.40 bits per heavy atom. The van der Waals surface area contributed by atoms with Crippen LogP contribution in [0, 0.1) is 0 Å². The lowest BCUT2D eigenvalue weighted by Crippen LogP contribution is -2.04. The molecule has 0 bridgehead atoms. The van der Waals surface area contributed by atoms with E-state index in [4.69, 9.17) is 16.3 Å². The van der Waals surface area contributed by atoms with Gasteiger partial charge in [0.05, 0.1) is 11.6 Å². The number of carbonyl (C=O) groups is 1. The van der Waals surface area contributed by atoms with Gasteiger partial charge in [-0.05, 0) is 35.1 Å². The van der Waals surface area contributed by atoms with Crippen molar-refractivity contribution >= 4 is 45.2 Å². The topological polar surface area (TPSA) is 26.3 Å². The Balaban J connectivity index is 2.95. The third kappa shape index (κ3) is 3.50. The van der Waals surface area contributed by atoms with Crippen LogP contribution in [0.2, 0.25) is 0 Å². The molecule has 15 heavy (non-hydrogen) atoms. The highest BCUT2D eigenvalue weighted by Gasteiger charge is 2.13. The molecule has 0 radical (unpaired) electrons. The maximum Gasteiger partial charge on any atom is 0.345 e. The lowest BCUT2D eigenvalue weighted by atomic mass is 10.2. The second kappa shape index (κ2) is 6.12. The highest BCUT2D eigenvalue weighted by Crippen LogP contribution is 2.27. The summed E-state index contributed by atoms with van der Waals surface area (Å²) in [6.45, 7) is 2.11. The van der Waals surface area contributed by atoms with E-state index < -0.39 is 0 Å². The number of ether oxygens (including phenoxy) is 1. The molecule has 0 saturated carbocycles. The fraction of sp³-hybridized carbons (Fsp3) is 0.182. The largest absolute Gasteiger partial charge is 0.462 e. The Morgan fingerprint density at radius 2 is 2.00 bits per heavy atom. The smallest absolute Gasteiger partial charge is 0.345 e. The van der Waals surface area contributed by atoms with Gasteiger partial charge in [-0.3, -0.25) is 0 Å². The molecule has 0 aromatic heterocycles. The van der Waals surface area contributed by atoms with Crippen LogP contribution in [0.3, 0.4) is 0 Å². The van der Waals surface area contributed by atoms with Crippen molar-refractivity contribution in [1.29, 1.82) is 0 Å². The van der Waals surface area contributed by atoms with Crippen molar-refractivity contribution in [1.82, 2.24) is 0 Å².